The molecule has 0 aromatic rings. The molecular weight excluding hydrogens is 110 g/mol. The van der Waals surface area contributed by atoms with E-state index in [2.05, 4.69) is 20.4 Å². The Balaban J connectivity index is 3.27. The van der Waals surface area contributed by atoms with Crippen LogP contribution in [0, 0.1) is 5.92 Å². The summed E-state index contributed by atoms with van der Waals surface area (Å²) in [6.45, 7) is 8.00. The number of hydrogen-bond acceptors (Lipinski definition) is 1. The van der Waals surface area contributed by atoms with Gasteiger partial charge in [0.15, 0.2) is 0 Å². The lowest BCUT2D eigenvalue weighted by Crippen LogP contribution is -2.06. The predicted octanol–water partition coefficient (Wildman–Crippen LogP) is 2.29. The van der Waals surface area contributed by atoms with Crippen LogP contribution in [-0.4, -0.2) is 0 Å². The second-order valence-electron chi connectivity index (χ2n) is 2.62. The van der Waals surface area contributed by atoms with Crippen molar-refractivity contribution in [1.29, 1.82) is 0 Å². The summed E-state index contributed by atoms with van der Waals surface area (Å²) in [5, 5.41) is 0. The third-order valence-electron chi connectivity index (χ3n) is 1.62. The van der Waals surface area contributed by atoms with Crippen molar-refractivity contribution < 1.29 is 0 Å². The van der Waals surface area contributed by atoms with Crippen LogP contribution in [0.15, 0.2) is 12.3 Å². The molecule has 1 nitrogen and oxygen atoms in total. The van der Waals surface area contributed by atoms with E-state index < -0.39 is 0 Å². The van der Waals surface area contributed by atoms with Gasteiger partial charge in [0, 0.05) is 5.70 Å². The maximum Gasteiger partial charge on any atom is 0.00362 e. The molecule has 1 heteroatoms. The first kappa shape index (κ1) is 8.54. The van der Waals surface area contributed by atoms with Gasteiger partial charge < -0.3 is 5.73 Å². The lowest BCUT2D eigenvalue weighted by atomic mass is 10.0. The lowest BCUT2D eigenvalue weighted by Gasteiger charge is -2.08. The fraction of sp³-hybridized carbons (Fsp3) is 0.750. The van der Waals surface area contributed by atoms with Gasteiger partial charge in [-0.1, -0.05) is 33.3 Å². The molecule has 0 saturated heterocycles. The SMILES string of the molecule is C=C(N)[C@@H](C)CCCC. The average Bonchev–Trinajstić information content (AvgIpc) is 1.82. The Morgan fingerprint density at radius 3 is 2.56 bits per heavy atom. The normalized spacial score (nSPS) is 13.1. The summed E-state index contributed by atoms with van der Waals surface area (Å²) in [6, 6.07) is 0. The number of hydrogen-bond donors (Lipinski definition) is 1. The van der Waals surface area contributed by atoms with Crippen LogP contribution in [0.1, 0.15) is 33.1 Å². The Bertz CT molecular complexity index is 86.6. The fourth-order valence-electron chi connectivity index (χ4n) is 0.696. The molecule has 0 fully saturated rings. The van der Waals surface area contributed by atoms with Gasteiger partial charge in [0.2, 0.25) is 0 Å². The van der Waals surface area contributed by atoms with E-state index in [1.807, 2.05) is 0 Å². The topological polar surface area (TPSA) is 26.0 Å². The smallest absolute Gasteiger partial charge is 0.00362 e. The molecule has 0 amide bonds. The Labute approximate surface area is 57.9 Å². The molecule has 9 heavy (non-hydrogen) atoms. The predicted molar refractivity (Wildman–Crippen MR) is 42.0 cm³/mol. The summed E-state index contributed by atoms with van der Waals surface area (Å²) < 4.78 is 0. The molecule has 54 valence electrons. The van der Waals surface area contributed by atoms with Crippen LogP contribution in [0.2, 0.25) is 0 Å². The molecule has 2 N–H and O–H groups in total. The molecular formula is C8H17N. The van der Waals surface area contributed by atoms with Gasteiger partial charge in [-0.15, -0.1) is 0 Å². The molecule has 0 aromatic carbocycles. The van der Waals surface area contributed by atoms with Gasteiger partial charge in [-0.05, 0) is 12.3 Å². The van der Waals surface area contributed by atoms with Crippen molar-refractivity contribution in [3.8, 4) is 0 Å². The van der Waals surface area contributed by atoms with Crippen LogP contribution < -0.4 is 5.73 Å². The van der Waals surface area contributed by atoms with Gasteiger partial charge >= 0.3 is 0 Å². The van der Waals surface area contributed by atoms with Crippen LogP contribution >= 0.6 is 0 Å². The fourth-order valence-corrected chi connectivity index (χ4v) is 0.696. The molecule has 0 rings (SSSR count). The maximum absolute atomic E-state index is 5.48. The summed E-state index contributed by atoms with van der Waals surface area (Å²) in [7, 11) is 0. The molecule has 0 heterocycles. The van der Waals surface area contributed by atoms with E-state index in [1.54, 1.807) is 0 Å². The highest BCUT2D eigenvalue weighted by Gasteiger charge is 2.00. The highest BCUT2D eigenvalue weighted by molar-refractivity contribution is 4.91. The molecule has 0 aliphatic heterocycles. The molecule has 0 aliphatic carbocycles. The molecule has 0 unspecified atom stereocenters. The Hall–Kier alpha value is -0.460. The van der Waals surface area contributed by atoms with E-state index in [9.17, 15) is 0 Å². The van der Waals surface area contributed by atoms with Crippen molar-refractivity contribution in [2.45, 2.75) is 33.1 Å². The standard InChI is InChI=1S/C8H17N/c1-4-5-6-7(2)8(3)9/h7H,3-6,9H2,1-2H3/t7-/m0/s1. The minimum Gasteiger partial charge on any atom is -0.402 e. The van der Waals surface area contributed by atoms with Gasteiger partial charge in [-0.3, -0.25) is 0 Å². The highest BCUT2D eigenvalue weighted by Crippen LogP contribution is 2.10. The van der Waals surface area contributed by atoms with Crippen molar-refractivity contribution in [3.63, 3.8) is 0 Å². The summed E-state index contributed by atoms with van der Waals surface area (Å²) in [6.07, 6.45) is 3.70. The van der Waals surface area contributed by atoms with Gasteiger partial charge in [0.05, 0.1) is 0 Å². The maximum atomic E-state index is 5.48. The summed E-state index contributed by atoms with van der Waals surface area (Å²) in [5.41, 5.74) is 6.30. The second-order valence-corrected chi connectivity index (χ2v) is 2.62. The van der Waals surface area contributed by atoms with Crippen LogP contribution in [0.25, 0.3) is 0 Å². The molecule has 0 radical (unpaired) electrons. The van der Waals surface area contributed by atoms with E-state index in [0.717, 1.165) is 5.70 Å². The first-order valence-corrected chi connectivity index (χ1v) is 3.62. The first-order chi connectivity index (χ1) is 4.18. The zero-order chi connectivity index (χ0) is 7.28. The van der Waals surface area contributed by atoms with Crippen molar-refractivity contribution in [2.24, 2.45) is 11.7 Å². The van der Waals surface area contributed by atoms with Crippen molar-refractivity contribution in [2.75, 3.05) is 0 Å². The number of allylic oxidation sites excluding steroid dienone is 1. The minimum atomic E-state index is 0.505. The second kappa shape index (κ2) is 4.42. The third kappa shape index (κ3) is 4.07. The third-order valence-corrected chi connectivity index (χ3v) is 1.62. The number of rotatable bonds is 4. The van der Waals surface area contributed by atoms with E-state index in [1.165, 1.54) is 19.3 Å². The van der Waals surface area contributed by atoms with Crippen LogP contribution in [0.5, 0.6) is 0 Å². The first-order valence-electron chi connectivity index (χ1n) is 3.62. The molecule has 0 aliphatic rings. The van der Waals surface area contributed by atoms with Gasteiger partial charge in [-0.2, -0.15) is 0 Å². The van der Waals surface area contributed by atoms with Crippen molar-refractivity contribution in [1.82, 2.24) is 0 Å². The van der Waals surface area contributed by atoms with Gasteiger partial charge in [-0.25, -0.2) is 0 Å². The quantitative estimate of drug-likeness (QED) is 0.616. The minimum absolute atomic E-state index is 0.505. The zero-order valence-corrected chi connectivity index (χ0v) is 6.48. The molecule has 1 atom stereocenters. The Morgan fingerprint density at radius 2 is 2.22 bits per heavy atom. The molecule has 0 saturated carbocycles. The van der Waals surface area contributed by atoms with Crippen molar-refractivity contribution in [3.05, 3.63) is 12.3 Å². The zero-order valence-electron chi connectivity index (χ0n) is 6.48. The van der Waals surface area contributed by atoms with E-state index in [0.29, 0.717) is 5.92 Å². The van der Waals surface area contributed by atoms with E-state index in [-0.39, 0.29) is 0 Å². The number of unbranched alkanes of at least 4 members (excludes halogenated alkanes) is 1. The van der Waals surface area contributed by atoms with Crippen LogP contribution in [-0.2, 0) is 0 Å². The summed E-state index contributed by atoms with van der Waals surface area (Å²) in [5.74, 6) is 0.505. The van der Waals surface area contributed by atoms with E-state index in [4.69, 9.17) is 5.73 Å². The molecule has 0 aromatic heterocycles. The lowest BCUT2D eigenvalue weighted by molar-refractivity contribution is 0.569. The average molecular weight is 127 g/mol. The largest absolute Gasteiger partial charge is 0.402 e. The summed E-state index contributed by atoms with van der Waals surface area (Å²) >= 11 is 0. The number of nitrogens with two attached hydrogens (primary N) is 1. The van der Waals surface area contributed by atoms with Crippen LogP contribution in [0.4, 0.5) is 0 Å². The van der Waals surface area contributed by atoms with Crippen molar-refractivity contribution >= 4 is 0 Å². The Morgan fingerprint density at radius 1 is 1.67 bits per heavy atom. The highest BCUT2D eigenvalue weighted by atomic mass is 14.6. The summed E-state index contributed by atoms with van der Waals surface area (Å²) in [4.78, 5) is 0. The van der Waals surface area contributed by atoms with Gasteiger partial charge in [0.25, 0.3) is 0 Å². The monoisotopic (exact) mass is 127 g/mol. The molecule has 0 bridgehead atoms. The van der Waals surface area contributed by atoms with E-state index >= 15 is 0 Å². The molecule has 0 spiro atoms. The Kier molecular flexibility index (Phi) is 4.20. The van der Waals surface area contributed by atoms with Crippen LogP contribution in [0.3, 0.4) is 0 Å². The van der Waals surface area contributed by atoms with Gasteiger partial charge in [0.1, 0.15) is 0 Å².